The number of benzene rings is 1. The molecule has 2 atom stereocenters. The van der Waals surface area contributed by atoms with Gasteiger partial charge < -0.3 is 10.2 Å². The first-order chi connectivity index (χ1) is 13.1. The first kappa shape index (κ1) is 18.2. The highest BCUT2D eigenvalue weighted by Gasteiger charge is 2.32. The van der Waals surface area contributed by atoms with E-state index < -0.39 is 0 Å². The molecule has 2 saturated heterocycles. The molecule has 2 aliphatic rings. The highest BCUT2D eigenvalue weighted by atomic mass is 16.1. The smallest absolute Gasteiger partial charge is 0.251 e. The molecule has 0 unspecified atom stereocenters. The first-order valence-corrected chi connectivity index (χ1v) is 10.3. The monoisotopic (exact) mass is 366 g/mol. The van der Waals surface area contributed by atoms with Crippen LogP contribution in [0, 0.1) is 19.8 Å². The molecule has 0 bridgehead atoms. The van der Waals surface area contributed by atoms with E-state index in [4.69, 9.17) is 0 Å². The number of amides is 1. The molecular weight excluding hydrogens is 336 g/mol. The molecule has 2 aliphatic heterocycles. The summed E-state index contributed by atoms with van der Waals surface area (Å²) in [5.41, 5.74) is 3.70. The largest absolute Gasteiger partial charge is 0.352 e. The predicted molar refractivity (Wildman–Crippen MR) is 107 cm³/mol. The molecule has 0 aliphatic carbocycles. The van der Waals surface area contributed by atoms with Gasteiger partial charge >= 0.3 is 0 Å². The number of hydrogen-bond donors (Lipinski definition) is 1. The fourth-order valence-corrected chi connectivity index (χ4v) is 4.81. The Hall–Kier alpha value is -2.14. The minimum absolute atomic E-state index is 0.0197. The molecule has 1 aromatic carbocycles. The number of fused-ring (bicyclic) bond motifs is 1. The molecule has 5 nitrogen and oxygen atoms in total. The lowest BCUT2D eigenvalue weighted by Crippen LogP contribution is -2.51. The van der Waals surface area contributed by atoms with Crippen molar-refractivity contribution in [3.63, 3.8) is 0 Å². The Morgan fingerprint density at radius 2 is 2.00 bits per heavy atom. The van der Waals surface area contributed by atoms with Gasteiger partial charge in [-0.1, -0.05) is 12.5 Å². The van der Waals surface area contributed by atoms with Gasteiger partial charge in [0.15, 0.2) is 0 Å². The zero-order chi connectivity index (χ0) is 18.8. The Labute approximate surface area is 161 Å². The van der Waals surface area contributed by atoms with Crippen LogP contribution in [0.15, 0.2) is 30.3 Å². The van der Waals surface area contributed by atoms with E-state index in [0.717, 1.165) is 23.6 Å². The molecule has 2 fully saturated rings. The Morgan fingerprint density at radius 3 is 2.81 bits per heavy atom. The number of aromatic nitrogens is 2. The van der Waals surface area contributed by atoms with Crippen LogP contribution in [0.2, 0.25) is 0 Å². The van der Waals surface area contributed by atoms with Crippen molar-refractivity contribution in [2.24, 2.45) is 5.92 Å². The van der Waals surface area contributed by atoms with E-state index in [1.807, 2.05) is 48.9 Å². The van der Waals surface area contributed by atoms with Crippen molar-refractivity contribution in [2.45, 2.75) is 52.0 Å². The summed E-state index contributed by atoms with van der Waals surface area (Å²) in [4.78, 5) is 15.4. The number of rotatable bonds is 4. The third-order valence-corrected chi connectivity index (χ3v) is 6.12. The second-order valence-corrected chi connectivity index (χ2v) is 8.10. The maximum absolute atomic E-state index is 12.8. The van der Waals surface area contributed by atoms with Gasteiger partial charge in [-0.3, -0.25) is 4.79 Å². The van der Waals surface area contributed by atoms with E-state index >= 15 is 0 Å². The van der Waals surface area contributed by atoms with Gasteiger partial charge in [0.25, 0.3) is 5.91 Å². The molecule has 1 amide bonds. The summed E-state index contributed by atoms with van der Waals surface area (Å²) in [7, 11) is 0. The zero-order valence-corrected chi connectivity index (χ0v) is 16.4. The Balaban J connectivity index is 1.42. The summed E-state index contributed by atoms with van der Waals surface area (Å²) in [6.45, 7) is 7.27. The second kappa shape index (κ2) is 7.85. The molecule has 1 N–H and O–H groups in total. The third kappa shape index (κ3) is 3.93. The molecule has 144 valence electrons. The standard InChI is InChI=1S/C22H30N4O/c1-16-13-17(2)26(24-16)20-9-5-7-18(14-20)22(27)23-15-19-8-6-12-25-11-4-3-10-21(19)25/h5,7,9,13-14,19,21H,3-4,6,8,10-12,15H2,1-2H3,(H,23,27)/t19-,21+/m1/s1. The number of hydrogen-bond acceptors (Lipinski definition) is 3. The van der Waals surface area contributed by atoms with Crippen molar-refractivity contribution >= 4 is 5.91 Å². The Bertz CT molecular complexity index is 810. The second-order valence-electron chi connectivity index (χ2n) is 8.10. The molecule has 27 heavy (non-hydrogen) atoms. The van der Waals surface area contributed by atoms with Gasteiger partial charge in [-0.05, 0) is 82.8 Å². The van der Waals surface area contributed by atoms with Gasteiger partial charge in [-0.15, -0.1) is 0 Å². The highest BCUT2D eigenvalue weighted by Crippen LogP contribution is 2.30. The van der Waals surface area contributed by atoms with Crippen LogP contribution in [0.5, 0.6) is 0 Å². The van der Waals surface area contributed by atoms with Crippen molar-refractivity contribution < 1.29 is 4.79 Å². The number of nitrogens with zero attached hydrogens (tertiary/aromatic N) is 3. The van der Waals surface area contributed by atoms with Crippen molar-refractivity contribution in [3.05, 3.63) is 47.3 Å². The normalized spacial score (nSPS) is 23.0. The van der Waals surface area contributed by atoms with Gasteiger partial charge in [0, 0.05) is 23.8 Å². The van der Waals surface area contributed by atoms with Crippen LogP contribution in [0.3, 0.4) is 0 Å². The number of carbonyl (C=O) groups is 1. The van der Waals surface area contributed by atoms with E-state index in [9.17, 15) is 4.79 Å². The summed E-state index contributed by atoms with van der Waals surface area (Å²) in [5.74, 6) is 0.605. The van der Waals surface area contributed by atoms with Crippen molar-refractivity contribution in [3.8, 4) is 5.69 Å². The van der Waals surface area contributed by atoms with Gasteiger partial charge in [-0.25, -0.2) is 4.68 Å². The van der Waals surface area contributed by atoms with Crippen LogP contribution in [0.1, 0.15) is 53.8 Å². The highest BCUT2D eigenvalue weighted by molar-refractivity contribution is 5.94. The van der Waals surface area contributed by atoms with Crippen molar-refractivity contribution in [1.29, 1.82) is 0 Å². The molecule has 0 radical (unpaired) electrons. The lowest BCUT2D eigenvalue weighted by Gasteiger charge is -2.44. The summed E-state index contributed by atoms with van der Waals surface area (Å²) in [6, 6.07) is 10.5. The summed E-state index contributed by atoms with van der Waals surface area (Å²) < 4.78 is 1.90. The molecule has 4 rings (SSSR count). The summed E-state index contributed by atoms with van der Waals surface area (Å²) in [6.07, 6.45) is 6.43. The number of carbonyl (C=O) groups excluding carboxylic acids is 1. The Morgan fingerprint density at radius 1 is 1.15 bits per heavy atom. The minimum atomic E-state index is 0.0197. The summed E-state index contributed by atoms with van der Waals surface area (Å²) >= 11 is 0. The van der Waals surface area contributed by atoms with Gasteiger partial charge in [0.1, 0.15) is 0 Å². The zero-order valence-electron chi connectivity index (χ0n) is 16.4. The number of aryl methyl sites for hydroxylation is 2. The lowest BCUT2D eigenvalue weighted by atomic mass is 9.83. The van der Waals surface area contributed by atoms with E-state index in [1.54, 1.807) is 0 Å². The maximum Gasteiger partial charge on any atom is 0.251 e. The number of nitrogens with one attached hydrogen (secondary N) is 1. The third-order valence-electron chi connectivity index (χ3n) is 6.12. The lowest BCUT2D eigenvalue weighted by molar-refractivity contribution is 0.0575. The van der Waals surface area contributed by atoms with Gasteiger partial charge in [0.05, 0.1) is 11.4 Å². The quantitative estimate of drug-likeness (QED) is 0.901. The van der Waals surface area contributed by atoms with Crippen LogP contribution >= 0.6 is 0 Å². The first-order valence-electron chi connectivity index (χ1n) is 10.3. The average molecular weight is 367 g/mol. The van der Waals surface area contributed by atoms with Crippen LogP contribution in [0.25, 0.3) is 5.69 Å². The SMILES string of the molecule is Cc1cc(C)n(-c2cccc(C(=O)NC[C@H]3CCCN4CCCC[C@@H]34)c2)n1. The van der Waals surface area contributed by atoms with Crippen molar-refractivity contribution in [2.75, 3.05) is 19.6 Å². The maximum atomic E-state index is 12.8. The molecule has 2 aromatic rings. The number of piperidine rings is 2. The van der Waals surface area contributed by atoms with Crippen LogP contribution in [0.4, 0.5) is 0 Å². The molecule has 0 saturated carbocycles. The molecule has 1 aromatic heterocycles. The molecule has 5 heteroatoms. The fraction of sp³-hybridized carbons (Fsp3) is 0.545. The average Bonchev–Trinajstić information content (AvgIpc) is 3.04. The molecular formula is C22H30N4O. The van der Waals surface area contributed by atoms with Gasteiger partial charge in [-0.2, -0.15) is 5.10 Å². The molecule has 0 spiro atoms. The topological polar surface area (TPSA) is 50.2 Å². The predicted octanol–water partition coefficient (Wildman–Crippen LogP) is 3.48. The summed E-state index contributed by atoms with van der Waals surface area (Å²) in [5, 5.41) is 7.73. The van der Waals surface area contributed by atoms with E-state index in [-0.39, 0.29) is 5.91 Å². The van der Waals surface area contributed by atoms with Gasteiger partial charge in [0.2, 0.25) is 0 Å². The minimum Gasteiger partial charge on any atom is -0.352 e. The van der Waals surface area contributed by atoms with Crippen LogP contribution in [-0.4, -0.2) is 46.3 Å². The van der Waals surface area contributed by atoms with Crippen LogP contribution < -0.4 is 5.32 Å². The van der Waals surface area contributed by atoms with E-state index in [2.05, 4.69) is 15.3 Å². The fourth-order valence-electron chi connectivity index (χ4n) is 4.81. The molecule has 3 heterocycles. The Kier molecular flexibility index (Phi) is 5.30. The van der Waals surface area contributed by atoms with Crippen molar-refractivity contribution in [1.82, 2.24) is 20.0 Å². The van der Waals surface area contributed by atoms with E-state index in [0.29, 0.717) is 17.5 Å². The van der Waals surface area contributed by atoms with Crippen LogP contribution in [-0.2, 0) is 0 Å². The van der Waals surface area contributed by atoms with E-state index in [1.165, 1.54) is 45.2 Å².